The SMILES string of the molecule is COc1cc2ncnc(Nc3ccc(F)c(Cl)c3)c2cc1OCCCN1CCOC[C@H]1C(C)(C)O. The summed E-state index contributed by atoms with van der Waals surface area (Å²) in [6.45, 7) is 6.79. The largest absolute Gasteiger partial charge is 0.493 e. The lowest BCUT2D eigenvalue weighted by molar-refractivity contribution is -0.0957. The van der Waals surface area contributed by atoms with Crippen LogP contribution in [-0.2, 0) is 4.74 Å². The van der Waals surface area contributed by atoms with E-state index in [1.807, 2.05) is 19.9 Å². The van der Waals surface area contributed by atoms with Gasteiger partial charge in [-0.05, 0) is 44.5 Å². The summed E-state index contributed by atoms with van der Waals surface area (Å²) in [5.74, 6) is 1.17. The van der Waals surface area contributed by atoms with Crippen molar-refractivity contribution >= 4 is 34.0 Å². The average molecular weight is 505 g/mol. The lowest BCUT2D eigenvalue weighted by atomic mass is 9.97. The monoisotopic (exact) mass is 504 g/mol. The van der Waals surface area contributed by atoms with E-state index in [9.17, 15) is 9.50 Å². The van der Waals surface area contributed by atoms with Crippen molar-refractivity contribution in [3.63, 3.8) is 0 Å². The third kappa shape index (κ3) is 6.10. The zero-order valence-electron chi connectivity index (χ0n) is 20.1. The second-order valence-electron chi connectivity index (χ2n) is 8.98. The van der Waals surface area contributed by atoms with Crippen molar-refractivity contribution in [2.24, 2.45) is 0 Å². The Labute approximate surface area is 209 Å². The molecule has 0 spiro atoms. The molecule has 0 radical (unpaired) electrons. The number of morpholine rings is 1. The van der Waals surface area contributed by atoms with Crippen LogP contribution in [0.5, 0.6) is 11.5 Å². The average Bonchev–Trinajstić information content (AvgIpc) is 2.83. The maximum Gasteiger partial charge on any atom is 0.162 e. The number of halogens is 2. The minimum atomic E-state index is -0.846. The highest BCUT2D eigenvalue weighted by molar-refractivity contribution is 6.31. The van der Waals surface area contributed by atoms with Gasteiger partial charge in [0.1, 0.15) is 18.0 Å². The molecule has 35 heavy (non-hydrogen) atoms. The fourth-order valence-electron chi connectivity index (χ4n) is 4.15. The summed E-state index contributed by atoms with van der Waals surface area (Å²) in [6.07, 6.45) is 2.20. The minimum Gasteiger partial charge on any atom is -0.493 e. The minimum absolute atomic E-state index is 0.0196. The van der Waals surface area contributed by atoms with Crippen LogP contribution in [0, 0.1) is 5.82 Å². The van der Waals surface area contributed by atoms with Crippen molar-refractivity contribution in [2.75, 3.05) is 45.3 Å². The molecule has 0 aliphatic carbocycles. The molecule has 1 aliphatic rings. The Hall–Kier alpha value is -2.72. The predicted molar refractivity (Wildman–Crippen MR) is 133 cm³/mol. The number of ether oxygens (including phenoxy) is 3. The molecular formula is C25H30ClFN4O4. The lowest BCUT2D eigenvalue weighted by Gasteiger charge is -2.42. The number of anilines is 2. The molecular weight excluding hydrogens is 475 g/mol. The molecule has 188 valence electrons. The van der Waals surface area contributed by atoms with E-state index < -0.39 is 11.4 Å². The van der Waals surface area contributed by atoms with E-state index in [4.69, 9.17) is 25.8 Å². The molecule has 10 heteroatoms. The molecule has 0 amide bonds. The lowest BCUT2D eigenvalue weighted by Crippen LogP contribution is -2.56. The van der Waals surface area contributed by atoms with Crippen LogP contribution in [-0.4, -0.2) is 71.6 Å². The second-order valence-corrected chi connectivity index (χ2v) is 9.39. The van der Waals surface area contributed by atoms with Gasteiger partial charge in [0.15, 0.2) is 11.5 Å². The summed E-state index contributed by atoms with van der Waals surface area (Å²) in [4.78, 5) is 10.9. The van der Waals surface area contributed by atoms with Gasteiger partial charge in [-0.2, -0.15) is 0 Å². The summed E-state index contributed by atoms with van der Waals surface area (Å²) in [7, 11) is 1.58. The van der Waals surface area contributed by atoms with Gasteiger partial charge in [-0.3, -0.25) is 4.90 Å². The maximum absolute atomic E-state index is 13.5. The molecule has 2 heterocycles. The van der Waals surface area contributed by atoms with E-state index in [-0.39, 0.29) is 11.1 Å². The van der Waals surface area contributed by atoms with Gasteiger partial charge in [0.05, 0.1) is 49.1 Å². The van der Waals surface area contributed by atoms with Gasteiger partial charge >= 0.3 is 0 Å². The smallest absolute Gasteiger partial charge is 0.162 e. The first-order chi connectivity index (χ1) is 16.8. The molecule has 2 N–H and O–H groups in total. The highest BCUT2D eigenvalue weighted by Gasteiger charge is 2.34. The first-order valence-electron chi connectivity index (χ1n) is 11.5. The van der Waals surface area contributed by atoms with Crippen molar-refractivity contribution in [3.8, 4) is 11.5 Å². The number of aliphatic hydroxyl groups is 1. The zero-order chi connectivity index (χ0) is 25.0. The van der Waals surface area contributed by atoms with Crippen molar-refractivity contribution in [3.05, 3.63) is 47.5 Å². The number of hydrogen-bond acceptors (Lipinski definition) is 8. The van der Waals surface area contributed by atoms with Crippen LogP contribution < -0.4 is 14.8 Å². The summed E-state index contributed by atoms with van der Waals surface area (Å²) >= 11 is 5.92. The number of nitrogens with zero attached hydrogens (tertiary/aromatic N) is 3. The second kappa shape index (κ2) is 10.9. The van der Waals surface area contributed by atoms with Crippen molar-refractivity contribution < 1.29 is 23.7 Å². The van der Waals surface area contributed by atoms with Gasteiger partial charge in [0.2, 0.25) is 0 Å². The van der Waals surface area contributed by atoms with E-state index >= 15 is 0 Å². The van der Waals surface area contributed by atoms with Crippen LogP contribution in [0.3, 0.4) is 0 Å². The van der Waals surface area contributed by atoms with Gasteiger partial charge in [0.25, 0.3) is 0 Å². The van der Waals surface area contributed by atoms with Crippen LogP contribution in [0.2, 0.25) is 5.02 Å². The number of aromatic nitrogens is 2. The van der Waals surface area contributed by atoms with Crippen LogP contribution in [0.15, 0.2) is 36.7 Å². The van der Waals surface area contributed by atoms with Crippen LogP contribution in [0.4, 0.5) is 15.9 Å². The number of nitrogens with one attached hydrogen (secondary N) is 1. The number of fused-ring (bicyclic) bond motifs is 1. The van der Waals surface area contributed by atoms with Crippen molar-refractivity contribution in [2.45, 2.75) is 31.9 Å². The quantitative estimate of drug-likeness (QED) is 0.414. The van der Waals surface area contributed by atoms with Crippen molar-refractivity contribution in [1.82, 2.24) is 14.9 Å². The first-order valence-corrected chi connectivity index (χ1v) is 11.9. The summed E-state index contributed by atoms with van der Waals surface area (Å²) in [5, 5.41) is 14.4. The Balaban J connectivity index is 1.48. The van der Waals surface area contributed by atoms with E-state index in [0.29, 0.717) is 48.3 Å². The molecule has 1 aromatic heterocycles. The molecule has 4 rings (SSSR count). The Kier molecular flexibility index (Phi) is 7.91. The summed E-state index contributed by atoms with van der Waals surface area (Å²) in [5.41, 5.74) is 0.420. The third-order valence-corrected chi connectivity index (χ3v) is 6.29. The maximum atomic E-state index is 13.5. The van der Waals surface area contributed by atoms with E-state index in [0.717, 1.165) is 24.9 Å². The van der Waals surface area contributed by atoms with Crippen LogP contribution in [0.1, 0.15) is 20.3 Å². The number of methoxy groups -OCH3 is 1. The first kappa shape index (κ1) is 25.4. The van der Waals surface area contributed by atoms with Crippen molar-refractivity contribution in [1.29, 1.82) is 0 Å². The van der Waals surface area contributed by atoms with Gasteiger partial charge in [-0.1, -0.05) is 11.6 Å². The molecule has 8 nitrogen and oxygen atoms in total. The fraction of sp³-hybridized carbons (Fsp3) is 0.440. The van der Waals surface area contributed by atoms with E-state index in [2.05, 4.69) is 20.2 Å². The number of benzene rings is 2. The zero-order valence-corrected chi connectivity index (χ0v) is 20.8. The van der Waals surface area contributed by atoms with Crippen LogP contribution in [0.25, 0.3) is 10.9 Å². The number of rotatable bonds is 9. The topological polar surface area (TPSA) is 89.0 Å². The summed E-state index contributed by atoms with van der Waals surface area (Å²) in [6, 6.07) is 7.94. The van der Waals surface area contributed by atoms with E-state index in [1.165, 1.54) is 18.5 Å². The highest BCUT2D eigenvalue weighted by atomic mass is 35.5. The van der Waals surface area contributed by atoms with Gasteiger partial charge < -0.3 is 24.6 Å². The Bertz CT molecular complexity index is 1170. The molecule has 1 fully saturated rings. The van der Waals surface area contributed by atoms with E-state index in [1.54, 1.807) is 19.2 Å². The Morgan fingerprint density at radius 3 is 2.83 bits per heavy atom. The molecule has 0 bridgehead atoms. The van der Waals surface area contributed by atoms with Gasteiger partial charge in [-0.15, -0.1) is 0 Å². The molecule has 1 aliphatic heterocycles. The molecule has 2 aromatic carbocycles. The summed E-state index contributed by atoms with van der Waals surface area (Å²) < 4.78 is 30.7. The van der Waals surface area contributed by atoms with Gasteiger partial charge in [0, 0.05) is 30.2 Å². The Morgan fingerprint density at radius 1 is 1.26 bits per heavy atom. The normalized spacial score (nSPS) is 16.9. The molecule has 3 aromatic rings. The standard InChI is InChI=1S/C25H30ClFN4O4/c1-25(2,32)23-14-34-10-8-31(23)7-4-9-35-22-12-17-20(13-21(22)33-3)28-15-29-24(17)30-16-5-6-19(27)18(26)11-16/h5-6,11-13,15,23,32H,4,7-10,14H2,1-3H3,(H,28,29,30)/t23-/m0/s1. The molecule has 0 saturated carbocycles. The van der Waals surface area contributed by atoms with Crippen LogP contribution >= 0.6 is 11.6 Å². The molecule has 0 unspecified atom stereocenters. The molecule has 1 atom stereocenters. The van der Waals surface area contributed by atoms with Gasteiger partial charge in [-0.25, -0.2) is 14.4 Å². The predicted octanol–water partition coefficient (Wildman–Crippen LogP) is 4.42. The number of hydrogen-bond donors (Lipinski definition) is 2. The highest BCUT2D eigenvalue weighted by Crippen LogP contribution is 2.35. The third-order valence-electron chi connectivity index (χ3n) is 6.01. The fourth-order valence-corrected chi connectivity index (χ4v) is 4.33. The Morgan fingerprint density at radius 2 is 2.09 bits per heavy atom. The molecule has 1 saturated heterocycles.